The number of carbonyl (C=O) groups excluding carboxylic acids is 2. The molecule has 2 N–H and O–H groups in total. The number of aryl methyl sites for hydroxylation is 2. The standard InChI is InChI=1S/C27H31N7O2S3/c1-4-19-13-10-14-20(5-2)24(19)34-21(16-28-22(35)15-18-11-8-7-9-12-18)30-32-26(34)38-17-23(36)29-25-31-33-27(39-25)37-6-3/h7-14H,4-6,15-17H2,1-3H3,(H,28,35)(H,29,31,36). The molecule has 0 aliphatic heterocycles. The number of anilines is 1. The number of benzene rings is 2. The first-order chi connectivity index (χ1) is 19.0. The Morgan fingerprint density at radius 1 is 0.872 bits per heavy atom. The molecular weight excluding hydrogens is 551 g/mol. The molecule has 4 rings (SSSR count). The van der Waals surface area contributed by atoms with Crippen molar-refractivity contribution in [3.8, 4) is 5.69 Å². The molecule has 2 amide bonds. The average molecular weight is 582 g/mol. The highest BCUT2D eigenvalue weighted by Crippen LogP contribution is 2.29. The lowest BCUT2D eigenvalue weighted by atomic mass is 10.0. The topological polar surface area (TPSA) is 115 Å². The Kier molecular flexibility index (Phi) is 10.5. The fourth-order valence-corrected chi connectivity index (χ4v) is 6.41. The predicted octanol–water partition coefficient (Wildman–Crippen LogP) is 4.95. The second kappa shape index (κ2) is 14.2. The molecule has 0 saturated heterocycles. The summed E-state index contributed by atoms with van der Waals surface area (Å²) in [4.78, 5) is 25.4. The molecule has 0 spiro atoms. The maximum Gasteiger partial charge on any atom is 0.236 e. The third-order valence-electron chi connectivity index (χ3n) is 5.79. The van der Waals surface area contributed by atoms with Crippen molar-refractivity contribution in [3.63, 3.8) is 0 Å². The molecule has 0 aliphatic carbocycles. The van der Waals surface area contributed by atoms with Crippen LogP contribution in [0.4, 0.5) is 5.13 Å². The van der Waals surface area contributed by atoms with E-state index in [1.807, 2.05) is 41.8 Å². The number of carbonyl (C=O) groups is 2. The Morgan fingerprint density at radius 3 is 2.31 bits per heavy atom. The summed E-state index contributed by atoms with van der Waals surface area (Å²) < 4.78 is 2.81. The quantitative estimate of drug-likeness (QED) is 0.168. The van der Waals surface area contributed by atoms with Gasteiger partial charge in [-0.3, -0.25) is 19.5 Å². The number of hydrogen-bond acceptors (Lipinski definition) is 9. The highest BCUT2D eigenvalue weighted by atomic mass is 32.2. The van der Waals surface area contributed by atoms with Gasteiger partial charge in [-0.1, -0.05) is 104 Å². The fraction of sp³-hybridized carbons (Fsp3) is 0.333. The lowest BCUT2D eigenvalue weighted by Gasteiger charge is -2.18. The number of para-hydroxylation sites is 1. The molecular formula is C27H31N7O2S3. The molecule has 0 unspecified atom stereocenters. The van der Waals surface area contributed by atoms with Gasteiger partial charge in [0.25, 0.3) is 0 Å². The van der Waals surface area contributed by atoms with E-state index in [0.717, 1.165) is 45.3 Å². The van der Waals surface area contributed by atoms with Crippen molar-refractivity contribution < 1.29 is 9.59 Å². The van der Waals surface area contributed by atoms with E-state index in [9.17, 15) is 9.59 Å². The van der Waals surface area contributed by atoms with Gasteiger partial charge in [-0.2, -0.15) is 0 Å². The number of aromatic nitrogens is 5. The molecule has 2 heterocycles. The van der Waals surface area contributed by atoms with E-state index in [1.165, 1.54) is 23.1 Å². The zero-order valence-corrected chi connectivity index (χ0v) is 24.6. The highest BCUT2D eigenvalue weighted by Gasteiger charge is 2.21. The minimum atomic E-state index is -0.198. The van der Waals surface area contributed by atoms with Crippen LogP contribution in [0.2, 0.25) is 0 Å². The summed E-state index contributed by atoms with van der Waals surface area (Å²) in [5.41, 5.74) is 4.24. The van der Waals surface area contributed by atoms with Gasteiger partial charge in [0.2, 0.25) is 16.9 Å². The van der Waals surface area contributed by atoms with Gasteiger partial charge in [-0.05, 0) is 35.3 Å². The van der Waals surface area contributed by atoms with Crippen molar-refractivity contribution >= 4 is 51.8 Å². The predicted molar refractivity (Wildman–Crippen MR) is 158 cm³/mol. The van der Waals surface area contributed by atoms with Crippen LogP contribution in [0.5, 0.6) is 0 Å². The van der Waals surface area contributed by atoms with Gasteiger partial charge in [-0.15, -0.1) is 20.4 Å². The van der Waals surface area contributed by atoms with Gasteiger partial charge < -0.3 is 5.32 Å². The molecule has 204 valence electrons. The number of nitrogens with one attached hydrogen (secondary N) is 2. The largest absolute Gasteiger partial charge is 0.348 e. The minimum absolute atomic E-state index is 0.0958. The Balaban J connectivity index is 1.54. The van der Waals surface area contributed by atoms with Crippen molar-refractivity contribution in [2.75, 3.05) is 16.8 Å². The molecule has 2 aromatic heterocycles. The lowest BCUT2D eigenvalue weighted by Crippen LogP contribution is -2.26. The number of thioether (sulfide) groups is 2. The van der Waals surface area contributed by atoms with Gasteiger partial charge >= 0.3 is 0 Å². The minimum Gasteiger partial charge on any atom is -0.348 e. The molecule has 2 aromatic carbocycles. The summed E-state index contributed by atoms with van der Waals surface area (Å²) in [6.45, 7) is 6.48. The Hall–Kier alpha value is -3.22. The van der Waals surface area contributed by atoms with Gasteiger partial charge in [0.1, 0.15) is 0 Å². The van der Waals surface area contributed by atoms with Crippen LogP contribution in [-0.4, -0.2) is 48.3 Å². The van der Waals surface area contributed by atoms with Crippen LogP contribution in [0.25, 0.3) is 5.69 Å². The maximum absolute atomic E-state index is 12.7. The van der Waals surface area contributed by atoms with Crippen molar-refractivity contribution in [3.05, 3.63) is 71.0 Å². The second-order valence-corrected chi connectivity index (χ2v) is 11.9. The third kappa shape index (κ3) is 7.68. The number of amides is 2. The maximum atomic E-state index is 12.7. The normalized spacial score (nSPS) is 10.9. The second-order valence-electron chi connectivity index (χ2n) is 8.45. The SMILES string of the molecule is CCSc1nnc(NC(=O)CSc2nnc(CNC(=O)Cc3ccccc3)n2-c2c(CC)cccc2CC)s1. The average Bonchev–Trinajstić information content (AvgIpc) is 3.57. The molecule has 0 atom stereocenters. The Bertz CT molecular complexity index is 1380. The fourth-order valence-electron chi connectivity index (χ4n) is 3.98. The van der Waals surface area contributed by atoms with Gasteiger partial charge in [0, 0.05) is 0 Å². The summed E-state index contributed by atoms with van der Waals surface area (Å²) in [6, 6.07) is 15.9. The van der Waals surface area contributed by atoms with E-state index in [-0.39, 0.29) is 30.5 Å². The van der Waals surface area contributed by atoms with Crippen LogP contribution in [0, 0.1) is 0 Å². The summed E-state index contributed by atoms with van der Waals surface area (Å²) in [5.74, 6) is 1.34. The first kappa shape index (κ1) is 28.8. The van der Waals surface area contributed by atoms with E-state index in [4.69, 9.17) is 0 Å². The van der Waals surface area contributed by atoms with E-state index < -0.39 is 0 Å². The van der Waals surface area contributed by atoms with Crippen LogP contribution in [0.1, 0.15) is 43.3 Å². The lowest BCUT2D eigenvalue weighted by molar-refractivity contribution is -0.120. The highest BCUT2D eigenvalue weighted by molar-refractivity contribution is 8.01. The smallest absolute Gasteiger partial charge is 0.236 e. The Labute approximate surface area is 240 Å². The van der Waals surface area contributed by atoms with Crippen LogP contribution in [-0.2, 0) is 35.4 Å². The summed E-state index contributed by atoms with van der Waals surface area (Å²) >= 11 is 4.24. The summed E-state index contributed by atoms with van der Waals surface area (Å²) in [6.07, 6.45) is 1.93. The van der Waals surface area contributed by atoms with Crippen LogP contribution in [0.3, 0.4) is 0 Å². The third-order valence-corrected chi connectivity index (χ3v) is 8.58. The zero-order chi connectivity index (χ0) is 27.6. The monoisotopic (exact) mass is 581 g/mol. The molecule has 0 fully saturated rings. The summed E-state index contributed by atoms with van der Waals surface area (Å²) in [7, 11) is 0. The van der Waals surface area contributed by atoms with Crippen LogP contribution >= 0.6 is 34.9 Å². The molecule has 9 nitrogen and oxygen atoms in total. The van der Waals surface area contributed by atoms with Gasteiger partial charge in [-0.25, -0.2) is 0 Å². The molecule has 0 saturated carbocycles. The van der Waals surface area contributed by atoms with Crippen molar-refractivity contribution in [2.45, 2.75) is 56.1 Å². The van der Waals surface area contributed by atoms with Crippen LogP contribution < -0.4 is 10.6 Å². The number of rotatable bonds is 13. The van der Waals surface area contributed by atoms with Crippen LogP contribution in [0.15, 0.2) is 58.0 Å². The van der Waals surface area contributed by atoms with E-state index in [1.54, 1.807) is 11.8 Å². The van der Waals surface area contributed by atoms with E-state index in [2.05, 4.69) is 63.1 Å². The molecule has 4 aromatic rings. The molecule has 0 aliphatic rings. The number of hydrogen-bond donors (Lipinski definition) is 2. The van der Waals surface area contributed by atoms with Crippen molar-refractivity contribution in [1.29, 1.82) is 0 Å². The molecule has 0 radical (unpaired) electrons. The van der Waals surface area contributed by atoms with Gasteiger partial charge in [0.05, 0.1) is 24.4 Å². The van der Waals surface area contributed by atoms with Gasteiger partial charge in [0.15, 0.2) is 15.3 Å². The number of nitrogens with zero attached hydrogens (tertiary/aromatic N) is 5. The van der Waals surface area contributed by atoms with E-state index in [0.29, 0.717) is 16.1 Å². The van der Waals surface area contributed by atoms with Crippen molar-refractivity contribution in [1.82, 2.24) is 30.3 Å². The molecule has 0 bridgehead atoms. The first-order valence-electron chi connectivity index (χ1n) is 12.8. The zero-order valence-electron chi connectivity index (χ0n) is 22.1. The van der Waals surface area contributed by atoms with E-state index >= 15 is 0 Å². The van der Waals surface area contributed by atoms with Crippen molar-refractivity contribution in [2.24, 2.45) is 0 Å². The molecule has 39 heavy (non-hydrogen) atoms. The summed E-state index contributed by atoms with van der Waals surface area (Å²) in [5, 5.41) is 23.9. The molecule has 12 heteroatoms. The Morgan fingerprint density at radius 2 is 1.62 bits per heavy atom. The first-order valence-corrected chi connectivity index (χ1v) is 15.6.